The van der Waals surface area contributed by atoms with Crippen LogP contribution in [-0.4, -0.2) is 59.4 Å². The summed E-state index contributed by atoms with van der Waals surface area (Å²) in [5.74, 6) is -0.0459. The number of halogens is 1. The van der Waals surface area contributed by atoms with Crippen molar-refractivity contribution in [3.63, 3.8) is 0 Å². The third-order valence-electron chi connectivity index (χ3n) is 2.95. The Hall–Kier alpha value is -2.38. The number of carbonyl (C=O) groups is 2. The second kappa shape index (κ2) is 5.72. The van der Waals surface area contributed by atoms with Crippen molar-refractivity contribution in [2.45, 2.75) is 12.3 Å². The smallest absolute Gasteiger partial charge is 0.407 e. The zero-order valence-corrected chi connectivity index (χ0v) is 10.7. The monoisotopic (exact) mass is 283 g/mol. The highest BCUT2D eigenvalue weighted by molar-refractivity contribution is 5.91. The number of hydrogen-bond acceptors (Lipinski definition) is 4. The van der Waals surface area contributed by atoms with E-state index in [-0.39, 0.29) is 30.4 Å². The molecule has 2 amide bonds. The fourth-order valence-corrected chi connectivity index (χ4v) is 1.89. The summed E-state index contributed by atoms with van der Waals surface area (Å²) in [6.45, 7) is -0.239. The Morgan fingerprint density at radius 1 is 1.50 bits per heavy atom. The zero-order chi connectivity index (χ0) is 14.7. The number of pyridine rings is 1. The molecule has 0 radical (unpaired) electrons. The second-order valence-corrected chi connectivity index (χ2v) is 4.32. The van der Waals surface area contributed by atoms with Crippen LogP contribution in [-0.2, 0) is 0 Å². The van der Waals surface area contributed by atoms with E-state index in [1.165, 1.54) is 25.4 Å². The van der Waals surface area contributed by atoms with E-state index in [2.05, 4.69) is 10.3 Å². The fourth-order valence-electron chi connectivity index (χ4n) is 1.89. The third-order valence-corrected chi connectivity index (χ3v) is 2.95. The molecular formula is C12H14FN3O4. The number of likely N-dealkylation sites (tertiary alicyclic amines) is 1. The predicted octanol–water partition coefficient (Wildman–Crippen LogP) is 0.520. The molecule has 2 heterocycles. The van der Waals surface area contributed by atoms with Crippen LogP contribution in [0.1, 0.15) is 10.5 Å². The van der Waals surface area contributed by atoms with Crippen LogP contribution < -0.4 is 10.1 Å². The second-order valence-electron chi connectivity index (χ2n) is 4.32. The number of aromatic nitrogens is 1. The van der Waals surface area contributed by atoms with Crippen molar-refractivity contribution in [1.29, 1.82) is 0 Å². The lowest BCUT2D eigenvalue weighted by molar-refractivity contribution is 0.0957. The molecule has 1 aliphatic heterocycles. The highest BCUT2D eigenvalue weighted by atomic mass is 19.1. The number of alkyl halides is 1. The van der Waals surface area contributed by atoms with Gasteiger partial charge in [0.05, 0.1) is 19.3 Å². The van der Waals surface area contributed by atoms with Crippen molar-refractivity contribution in [1.82, 2.24) is 15.2 Å². The maximum absolute atomic E-state index is 13.6. The van der Waals surface area contributed by atoms with Gasteiger partial charge in [-0.1, -0.05) is 0 Å². The predicted molar refractivity (Wildman–Crippen MR) is 66.5 cm³/mol. The fraction of sp³-hybridized carbons (Fsp3) is 0.417. The minimum atomic E-state index is -1.38. The first kappa shape index (κ1) is 14.0. The van der Waals surface area contributed by atoms with Crippen LogP contribution in [0.25, 0.3) is 0 Å². The maximum Gasteiger partial charge on any atom is 0.407 e. The molecule has 0 spiro atoms. The highest BCUT2D eigenvalue weighted by Crippen LogP contribution is 2.20. The third kappa shape index (κ3) is 2.95. The molecule has 0 aliphatic carbocycles. The molecule has 1 aliphatic rings. The molecule has 2 rings (SSSR count). The van der Waals surface area contributed by atoms with Gasteiger partial charge < -0.3 is 20.1 Å². The van der Waals surface area contributed by atoms with Gasteiger partial charge >= 0.3 is 6.09 Å². The zero-order valence-electron chi connectivity index (χ0n) is 10.7. The van der Waals surface area contributed by atoms with Gasteiger partial charge in [0, 0.05) is 7.05 Å². The van der Waals surface area contributed by atoms with Gasteiger partial charge in [0.25, 0.3) is 5.91 Å². The first-order valence-electron chi connectivity index (χ1n) is 5.98. The van der Waals surface area contributed by atoms with Gasteiger partial charge in [-0.2, -0.15) is 0 Å². The van der Waals surface area contributed by atoms with Gasteiger partial charge in [-0.3, -0.25) is 4.79 Å². The number of ether oxygens (including phenoxy) is 1. The summed E-state index contributed by atoms with van der Waals surface area (Å²) in [5.41, 5.74) is 0.218. The Kier molecular flexibility index (Phi) is 4.02. The van der Waals surface area contributed by atoms with Crippen LogP contribution in [0, 0.1) is 0 Å². The van der Waals surface area contributed by atoms with E-state index in [4.69, 9.17) is 9.84 Å². The van der Waals surface area contributed by atoms with Crippen molar-refractivity contribution in [2.24, 2.45) is 0 Å². The molecule has 7 nitrogen and oxygen atoms in total. The molecule has 1 aromatic rings. The van der Waals surface area contributed by atoms with Gasteiger partial charge in [0.1, 0.15) is 17.5 Å². The highest BCUT2D eigenvalue weighted by Gasteiger charge is 2.37. The largest absolute Gasteiger partial charge is 0.484 e. The molecular weight excluding hydrogens is 269 g/mol. The summed E-state index contributed by atoms with van der Waals surface area (Å²) in [4.78, 5) is 26.9. The first-order valence-corrected chi connectivity index (χ1v) is 5.98. The number of rotatable bonds is 3. The Morgan fingerprint density at radius 2 is 2.25 bits per heavy atom. The average molecular weight is 283 g/mol. The van der Waals surface area contributed by atoms with Crippen molar-refractivity contribution >= 4 is 12.0 Å². The van der Waals surface area contributed by atoms with Crippen LogP contribution in [0.5, 0.6) is 5.75 Å². The Balaban J connectivity index is 2.00. The van der Waals surface area contributed by atoms with Gasteiger partial charge in [-0.05, 0) is 12.1 Å². The average Bonchev–Trinajstić information content (AvgIpc) is 2.80. The Morgan fingerprint density at radius 3 is 2.75 bits per heavy atom. The van der Waals surface area contributed by atoms with E-state index >= 15 is 0 Å². The molecule has 0 saturated carbocycles. The number of hydrogen-bond donors (Lipinski definition) is 2. The number of carboxylic acid groups (broad SMARTS) is 1. The van der Waals surface area contributed by atoms with Crippen molar-refractivity contribution in [3.05, 3.63) is 24.0 Å². The lowest BCUT2D eigenvalue weighted by atomic mass is 10.3. The van der Waals surface area contributed by atoms with Crippen LogP contribution >= 0.6 is 0 Å². The van der Waals surface area contributed by atoms with Crippen molar-refractivity contribution in [2.75, 3.05) is 20.1 Å². The summed E-state index contributed by atoms with van der Waals surface area (Å²) in [6.07, 6.45) is -2.11. The molecule has 0 aromatic carbocycles. The molecule has 0 bridgehead atoms. The quantitative estimate of drug-likeness (QED) is 0.843. The summed E-state index contributed by atoms with van der Waals surface area (Å²) >= 11 is 0. The SMILES string of the molecule is CNC(=O)c1ccc(O[C@H]2CN(C(=O)O)C[C@@H]2F)cn1. The topological polar surface area (TPSA) is 91.8 Å². The van der Waals surface area contributed by atoms with E-state index < -0.39 is 18.4 Å². The minimum absolute atomic E-state index is 0.0340. The summed E-state index contributed by atoms with van der Waals surface area (Å²) in [5, 5.41) is 11.2. The summed E-state index contributed by atoms with van der Waals surface area (Å²) in [7, 11) is 1.49. The van der Waals surface area contributed by atoms with Gasteiger partial charge in [-0.15, -0.1) is 0 Å². The van der Waals surface area contributed by atoms with Crippen molar-refractivity contribution in [3.8, 4) is 5.75 Å². The number of nitrogens with zero attached hydrogens (tertiary/aromatic N) is 2. The molecule has 108 valence electrons. The molecule has 1 saturated heterocycles. The maximum atomic E-state index is 13.6. The van der Waals surface area contributed by atoms with E-state index in [0.717, 1.165) is 4.90 Å². The molecule has 2 atom stereocenters. The van der Waals surface area contributed by atoms with Gasteiger partial charge in [0.15, 0.2) is 6.17 Å². The number of nitrogens with one attached hydrogen (secondary N) is 1. The normalized spacial score (nSPS) is 21.6. The molecule has 1 aromatic heterocycles. The summed E-state index contributed by atoms with van der Waals surface area (Å²) < 4.78 is 19.0. The van der Waals surface area contributed by atoms with E-state index in [9.17, 15) is 14.0 Å². The number of carbonyl (C=O) groups excluding carboxylic acids is 1. The lowest BCUT2D eigenvalue weighted by Gasteiger charge is -2.15. The standard InChI is InChI=1S/C12H14FN3O4/c1-14-11(17)9-3-2-7(4-15-9)20-10-6-16(12(18)19)5-8(10)13/h2-4,8,10H,5-6H2,1H3,(H,14,17)(H,18,19)/t8-,10-/m0/s1. The van der Waals surface area contributed by atoms with Gasteiger partial charge in [-0.25, -0.2) is 14.2 Å². The Labute approximate surface area is 114 Å². The first-order chi connectivity index (χ1) is 9.51. The summed E-state index contributed by atoms with van der Waals surface area (Å²) in [6, 6.07) is 2.94. The van der Waals surface area contributed by atoms with Gasteiger partial charge in [0.2, 0.25) is 0 Å². The van der Waals surface area contributed by atoms with E-state index in [0.29, 0.717) is 0 Å². The van der Waals surface area contributed by atoms with Crippen LogP contribution in [0.3, 0.4) is 0 Å². The van der Waals surface area contributed by atoms with Crippen molar-refractivity contribution < 1.29 is 23.8 Å². The lowest BCUT2D eigenvalue weighted by Crippen LogP contribution is -2.29. The van der Waals surface area contributed by atoms with E-state index in [1.807, 2.05) is 0 Å². The molecule has 20 heavy (non-hydrogen) atoms. The molecule has 8 heteroatoms. The molecule has 0 unspecified atom stereocenters. The molecule has 2 N–H and O–H groups in total. The van der Waals surface area contributed by atoms with Crippen LogP contribution in [0.4, 0.5) is 9.18 Å². The van der Waals surface area contributed by atoms with Crippen LogP contribution in [0.15, 0.2) is 18.3 Å². The molecule has 1 fully saturated rings. The Bertz CT molecular complexity index is 508. The van der Waals surface area contributed by atoms with E-state index in [1.54, 1.807) is 0 Å². The number of amides is 2. The minimum Gasteiger partial charge on any atom is -0.484 e. The van der Waals surface area contributed by atoms with Crippen LogP contribution in [0.2, 0.25) is 0 Å².